The summed E-state index contributed by atoms with van der Waals surface area (Å²) in [6.45, 7) is 3.78. The second-order valence-corrected chi connectivity index (χ2v) is 5.95. The molecule has 1 saturated carbocycles. The van der Waals surface area contributed by atoms with E-state index in [0.717, 1.165) is 45.2 Å². The molecule has 2 rings (SSSR count). The van der Waals surface area contributed by atoms with Crippen molar-refractivity contribution in [2.75, 3.05) is 13.1 Å². The zero-order chi connectivity index (χ0) is 13.8. The van der Waals surface area contributed by atoms with Crippen molar-refractivity contribution in [3.05, 3.63) is 0 Å². The van der Waals surface area contributed by atoms with E-state index >= 15 is 0 Å². The Balaban J connectivity index is 1.88. The number of carboxylic acids is 1. The summed E-state index contributed by atoms with van der Waals surface area (Å²) >= 11 is 0. The summed E-state index contributed by atoms with van der Waals surface area (Å²) in [4.78, 5) is 25.2. The highest BCUT2D eigenvalue weighted by molar-refractivity contribution is 5.77. The van der Waals surface area contributed by atoms with Gasteiger partial charge in [0.1, 0.15) is 0 Å². The van der Waals surface area contributed by atoms with Crippen LogP contribution in [0, 0.1) is 11.8 Å². The number of carboxylic acid groups (broad SMARTS) is 1. The number of aliphatic carboxylic acids is 1. The van der Waals surface area contributed by atoms with E-state index in [1.54, 1.807) is 0 Å². The molecule has 0 aromatic carbocycles. The van der Waals surface area contributed by atoms with Gasteiger partial charge in [-0.3, -0.25) is 4.79 Å². The number of urea groups is 1. The molecule has 0 aromatic rings. The molecule has 2 atom stereocenters. The molecule has 5 heteroatoms. The number of nitrogens with zero attached hydrogens (tertiary/aromatic N) is 1. The zero-order valence-corrected chi connectivity index (χ0v) is 11.6. The molecule has 19 heavy (non-hydrogen) atoms. The molecule has 0 bridgehead atoms. The van der Waals surface area contributed by atoms with E-state index in [2.05, 4.69) is 12.2 Å². The number of piperidine rings is 1. The van der Waals surface area contributed by atoms with Crippen LogP contribution in [0.15, 0.2) is 0 Å². The molecule has 1 saturated heterocycles. The summed E-state index contributed by atoms with van der Waals surface area (Å²) in [6.07, 6.45) is 5.50. The van der Waals surface area contributed by atoms with Gasteiger partial charge in [-0.05, 0) is 31.6 Å². The van der Waals surface area contributed by atoms with Crippen LogP contribution in [-0.2, 0) is 4.79 Å². The molecule has 2 fully saturated rings. The van der Waals surface area contributed by atoms with E-state index < -0.39 is 11.9 Å². The molecule has 1 aliphatic carbocycles. The molecular weight excluding hydrogens is 244 g/mol. The molecule has 1 aliphatic heterocycles. The van der Waals surface area contributed by atoms with E-state index in [1.807, 2.05) is 4.90 Å². The summed E-state index contributed by atoms with van der Waals surface area (Å²) in [7, 11) is 0. The monoisotopic (exact) mass is 268 g/mol. The summed E-state index contributed by atoms with van der Waals surface area (Å²) in [5.41, 5.74) is 0. The van der Waals surface area contributed by atoms with Crippen LogP contribution in [0.2, 0.25) is 0 Å². The van der Waals surface area contributed by atoms with Crippen LogP contribution in [0.5, 0.6) is 0 Å². The number of hydrogen-bond donors (Lipinski definition) is 2. The molecule has 2 unspecified atom stereocenters. The second-order valence-electron chi connectivity index (χ2n) is 5.95. The van der Waals surface area contributed by atoms with Gasteiger partial charge < -0.3 is 15.3 Å². The first-order valence-electron chi connectivity index (χ1n) is 7.36. The van der Waals surface area contributed by atoms with Crippen LogP contribution < -0.4 is 5.32 Å². The molecule has 108 valence electrons. The predicted octanol–water partition coefficient (Wildman–Crippen LogP) is 2.07. The van der Waals surface area contributed by atoms with Crippen LogP contribution in [0.4, 0.5) is 4.79 Å². The lowest BCUT2D eigenvalue weighted by Gasteiger charge is -2.34. The Hall–Kier alpha value is -1.26. The summed E-state index contributed by atoms with van der Waals surface area (Å²) in [5.74, 6) is -0.510. The number of nitrogens with one attached hydrogen (secondary N) is 1. The van der Waals surface area contributed by atoms with Gasteiger partial charge in [-0.25, -0.2) is 4.79 Å². The minimum atomic E-state index is -0.780. The molecule has 1 heterocycles. The predicted molar refractivity (Wildman–Crippen MR) is 71.9 cm³/mol. The highest BCUT2D eigenvalue weighted by Crippen LogP contribution is 2.25. The van der Waals surface area contributed by atoms with E-state index in [4.69, 9.17) is 0 Å². The average Bonchev–Trinajstić information content (AvgIpc) is 2.39. The summed E-state index contributed by atoms with van der Waals surface area (Å²) in [5, 5.41) is 12.1. The van der Waals surface area contributed by atoms with Crippen LogP contribution >= 0.6 is 0 Å². The third-order valence-corrected chi connectivity index (χ3v) is 4.46. The van der Waals surface area contributed by atoms with E-state index in [-0.39, 0.29) is 12.1 Å². The third-order valence-electron chi connectivity index (χ3n) is 4.46. The van der Waals surface area contributed by atoms with Gasteiger partial charge in [0.15, 0.2) is 0 Å². The van der Waals surface area contributed by atoms with Crippen LogP contribution in [0.1, 0.15) is 45.4 Å². The lowest BCUT2D eigenvalue weighted by Crippen LogP contribution is -2.51. The molecule has 2 aliphatic rings. The number of carbonyl (C=O) groups is 2. The fourth-order valence-corrected chi connectivity index (χ4v) is 3.06. The van der Waals surface area contributed by atoms with Gasteiger partial charge in [-0.15, -0.1) is 0 Å². The van der Waals surface area contributed by atoms with Gasteiger partial charge in [0.05, 0.1) is 5.92 Å². The Morgan fingerprint density at radius 1 is 1.11 bits per heavy atom. The highest BCUT2D eigenvalue weighted by atomic mass is 16.4. The maximum atomic E-state index is 12.2. The van der Waals surface area contributed by atoms with Crippen molar-refractivity contribution in [1.82, 2.24) is 10.2 Å². The van der Waals surface area contributed by atoms with Gasteiger partial charge in [-0.1, -0.05) is 19.8 Å². The Kier molecular flexibility index (Phi) is 4.66. The van der Waals surface area contributed by atoms with E-state index in [9.17, 15) is 14.7 Å². The van der Waals surface area contributed by atoms with Crippen molar-refractivity contribution in [2.24, 2.45) is 11.8 Å². The lowest BCUT2D eigenvalue weighted by molar-refractivity contribution is -0.143. The molecule has 2 amide bonds. The molecular formula is C14H24N2O3. The van der Waals surface area contributed by atoms with Crippen LogP contribution in [0.3, 0.4) is 0 Å². The standard InChI is InChI=1S/C14H24N2O3/c1-10-6-8-16(9-7-10)14(19)15-12-5-3-2-4-11(12)13(17)18/h10-12H,2-9H2,1H3,(H,15,19)(H,17,18). The smallest absolute Gasteiger partial charge is 0.317 e. The molecule has 0 spiro atoms. The van der Waals surface area contributed by atoms with Gasteiger partial charge in [0.2, 0.25) is 0 Å². The van der Waals surface area contributed by atoms with Crippen molar-refractivity contribution in [2.45, 2.75) is 51.5 Å². The van der Waals surface area contributed by atoms with Crippen molar-refractivity contribution < 1.29 is 14.7 Å². The highest BCUT2D eigenvalue weighted by Gasteiger charge is 2.33. The number of hydrogen-bond acceptors (Lipinski definition) is 2. The number of rotatable bonds is 2. The summed E-state index contributed by atoms with van der Waals surface area (Å²) in [6, 6.07) is -0.275. The molecule has 0 radical (unpaired) electrons. The van der Waals surface area contributed by atoms with Crippen LogP contribution in [0.25, 0.3) is 0 Å². The molecule has 2 N–H and O–H groups in total. The van der Waals surface area contributed by atoms with Crippen molar-refractivity contribution in [3.63, 3.8) is 0 Å². The summed E-state index contributed by atoms with van der Waals surface area (Å²) < 4.78 is 0. The first-order valence-corrected chi connectivity index (χ1v) is 7.36. The topological polar surface area (TPSA) is 69.6 Å². The Labute approximate surface area is 114 Å². The average molecular weight is 268 g/mol. The lowest BCUT2D eigenvalue weighted by atomic mass is 9.84. The van der Waals surface area contributed by atoms with Crippen LogP contribution in [-0.4, -0.2) is 41.1 Å². The molecule has 0 aromatic heterocycles. The Bertz CT molecular complexity index is 338. The Morgan fingerprint density at radius 2 is 1.74 bits per heavy atom. The third kappa shape index (κ3) is 3.61. The number of likely N-dealkylation sites (tertiary alicyclic amines) is 1. The van der Waals surface area contributed by atoms with Gasteiger partial charge >= 0.3 is 12.0 Å². The second kappa shape index (κ2) is 6.26. The molecule has 5 nitrogen and oxygen atoms in total. The first kappa shape index (κ1) is 14.2. The van der Waals surface area contributed by atoms with Gasteiger partial charge in [0, 0.05) is 19.1 Å². The first-order chi connectivity index (χ1) is 9.08. The fraction of sp³-hybridized carbons (Fsp3) is 0.857. The fourth-order valence-electron chi connectivity index (χ4n) is 3.06. The zero-order valence-electron chi connectivity index (χ0n) is 11.6. The van der Waals surface area contributed by atoms with Crippen molar-refractivity contribution in [1.29, 1.82) is 0 Å². The van der Waals surface area contributed by atoms with Gasteiger partial charge in [-0.2, -0.15) is 0 Å². The number of amides is 2. The minimum Gasteiger partial charge on any atom is -0.481 e. The van der Waals surface area contributed by atoms with Gasteiger partial charge in [0.25, 0.3) is 0 Å². The maximum absolute atomic E-state index is 12.2. The Morgan fingerprint density at radius 3 is 2.37 bits per heavy atom. The van der Waals surface area contributed by atoms with E-state index in [0.29, 0.717) is 12.3 Å². The van der Waals surface area contributed by atoms with Crippen molar-refractivity contribution >= 4 is 12.0 Å². The largest absolute Gasteiger partial charge is 0.481 e. The SMILES string of the molecule is CC1CCN(C(=O)NC2CCCCC2C(=O)O)CC1. The van der Waals surface area contributed by atoms with E-state index in [1.165, 1.54) is 0 Å². The number of carbonyl (C=O) groups excluding carboxylic acids is 1. The quantitative estimate of drug-likeness (QED) is 0.805. The normalized spacial score (nSPS) is 29.0. The maximum Gasteiger partial charge on any atom is 0.317 e. The van der Waals surface area contributed by atoms with Crippen molar-refractivity contribution in [3.8, 4) is 0 Å². The minimum absolute atomic E-state index is 0.0787.